The average molecular weight is 230 g/mol. The van der Waals surface area contributed by atoms with E-state index in [1.807, 2.05) is 13.8 Å². The molecule has 5 heteroatoms. The number of aryl methyl sites for hydroxylation is 2. The molecular weight excluding hydrogens is 212 g/mol. The molecule has 0 fully saturated rings. The fourth-order valence-electron chi connectivity index (χ4n) is 1.11. The maximum Gasteiger partial charge on any atom is 0.107 e. The molecule has 0 saturated carbocycles. The topological polar surface area (TPSA) is 65.4 Å². The largest absolute Gasteiger partial charge is 0.393 e. The number of nitrogens with one attached hydrogen (secondary N) is 1. The Labute approximate surface area is 94.0 Å². The average Bonchev–Trinajstić information content (AvgIpc) is 2.46. The Bertz CT molecular complexity index is 304. The van der Waals surface area contributed by atoms with E-state index < -0.39 is 5.60 Å². The van der Waals surface area contributed by atoms with Crippen molar-refractivity contribution < 1.29 is 10.2 Å². The van der Waals surface area contributed by atoms with Gasteiger partial charge in [0.2, 0.25) is 0 Å². The highest BCUT2D eigenvalue weighted by atomic mass is 32.1. The van der Waals surface area contributed by atoms with E-state index in [-0.39, 0.29) is 6.61 Å². The molecule has 0 aliphatic carbocycles. The highest BCUT2D eigenvalue weighted by Crippen LogP contribution is 2.16. The highest BCUT2D eigenvalue weighted by molar-refractivity contribution is 7.11. The molecule has 1 rings (SSSR count). The van der Waals surface area contributed by atoms with Crippen molar-refractivity contribution >= 4 is 11.3 Å². The molecule has 1 aromatic rings. The lowest BCUT2D eigenvalue weighted by Crippen LogP contribution is -2.40. The zero-order valence-corrected chi connectivity index (χ0v) is 10.2. The molecule has 0 aliphatic heterocycles. The second-order valence-electron chi connectivity index (χ2n) is 4.01. The van der Waals surface area contributed by atoms with Crippen LogP contribution in [0.5, 0.6) is 0 Å². The van der Waals surface area contributed by atoms with Crippen LogP contribution in [0.15, 0.2) is 0 Å². The lowest BCUT2D eigenvalue weighted by molar-refractivity contribution is 0.00253. The van der Waals surface area contributed by atoms with E-state index in [4.69, 9.17) is 5.11 Å². The summed E-state index contributed by atoms with van der Waals surface area (Å²) >= 11 is 1.65. The van der Waals surface area contributed by atoms with Crippen molar-refractivity contribution in [2.24, 2.45) is 0 Å². The number of aliphatic hydroxyl groups excluding tert-OH is 1. The third kappa shape index (κ3) is 3.87. The van der Waals surface area contributed by atoms with Crippen LogP contribution in [0.1, 0.15) is 22.5 Å². The smallest absolute Gasteiger partial charge is 0.107 e. The Morgan fingerprint density at radius 1 is 1.47 bits per heavy atom. The van der Waals surface area contributed by atoms with E-state index in [1.54, 1.807) is 18.3 Å². The quantitative estimate of drug-likeness (QED) is 0.693. The summed E-state index contributed by atoms with van der Waals surface area (Å²) in [5, 5.41) is 22.5. The van der Waals surface area contributed by atoms with Crippen LogP contribution in [-0.2, 0) is 6.54 Å². The molecule has 0 aromatic carbocycles. The zero-order valence-electron chi connectivity index (χ0n) is 9.37. The van der Waals surface area contributed by atoms with E-state index in [9.17, 15) is 5.11 Å². The maximum atomic E-state index is 9.53. The van der Waals surface area contributed by atoms with Gasteiger partial charge in [-0.3, -0.25) is 0 Å². The fourth-order valence-corrected chi connectivity index (χ4v) is 2.01. The van der Waals surface area contributed by atoms with Crippen LogP contribution in [0.3, 0.4) is 0 Å². The molecular formula is C10H18N2O2S. The van der Waals surface area contributed by atoms with Gasteiger partial charge in [-0.1, -0.05) is 0 Å². The van der Waals surface area contributed by atoms with Crippen molar-refractivity contribution in [3.05, 3.63) is 15.6 Å². The summed E-state index contributed by atoms with van der Waals surface area (Å²) in [7, 11) is 0. The standard InChI is InChI=1S/C10H18N2O2S/c1-7-8(2)15-9(12-7)4-11-5-10(3,14)6-13/h11,13-14H,4-6H2,1-3H3. The SMILES string of the molecule is Cc1nc(CNCC(C)(O)CO)sc1C. The van der Waals surface area contributed by atoms with Crippen molar-refractivity contribution in [3.8, 4) is 0 Å². The predicted octanol–water partition coefficient (Wildman–Crippen LogP) is 0.593. The molecule has 4 nitrogen and oxygen atoms in total. The molecule has 1 unspecified atom stereocenters. The minimum atomic E-state index is -1.05. The van der Waals surface area contributed by atoms with Gasteiger partial charge >= 0.3 is 0 Å². The molecule has 1 aromatic heterocycles. The molecule has 0 amide bonds. The van der Waals surface area contributed by atoms with Gasteiger partial charge in [0.15, 0.2) is 0 Å². The molecule has 15 heavy (non-hydrogen) atoms. The Morgan fingerprint density at radius 3 is 2.60 bits per heavy atom. The van der Waals surface area contributed by atoms with Crippen LogP contribution >= 0.6 is 11.3 Å². The third-order valence-corrected chi connectivity index (χ3v) is 3.27. The Morgan fingerprint density at radius 2 is 2.13 bits per heavy atom. The summed E-state index contributed by atoms with van der Waals surface area (Å²) in [5.74, 6) is 0. The Hall–Kier alpha value is -0.490. The van der Waals surface area contributed by atoms with Gasteiger partial charge in [-0.2, -0.15) is 0 Å². The maximum absolute atomic E-state index is 9.53. The van der Waals surface area contributed by atoms with Gasteiger partial charge in [-0.15, -0.1) is 11.3 Å². The first-order valence-corrected chi connectivity index (χ1v) is 5.73. The van der Waals surface area contributed by atoms with E-state index in [2.05, 4.69) is 10.3 Å². The third-order valence-electron chi connectivity index (χ3n) is 2.20. The van der Waals surface area contributed by atoms with Gasteiger partial charge in [0.05, 0.1) is 17.9 Å². The number of thiazole rings is 1. The van der Waals surface area contributed by atoms with Crippen molar-refractivity contribution in [1.29, 1.82) is 0 Å². The van der Waals surface area contributed by atoms with Crippen LogP contribution < -0.4 is 5.32 Å². The number of nitrogens with zero attached hydrogens (tertiary/aromatic N) is 1. The van der Waals surface area contributed by atoms with Crippen molar-refractivity contribution in [1.82, 2.24) is 10.3 Å². The van der Waals surface area contributed by atoms with E-state index >= 15 is 0 Å². The lowest BCUT2D eigenvalue weighted by atomic mass is 10.1. The van der Waals surface area contributed by atoms with E-state index in [1.165, 1.54) is 4.88 Å². The molecule has 1 atom stereocenters. The van der Waals surface area contributed by atoms with Crippen LogP contribution in [0, 0.1) is 13.8 Å². The second-order valence-corrected chi connectivity index (χ2v) is 5.30. The highest BCUT2D eigenvalue weighted by Gasteiger charge is 2.18. The number of aliphatic hydroxyl groups is 2. The van der Waals surface area contributed by atoms with Crippen LogP contribution in [0.4, 0.5) is 0 Å². The minimum absolute atomic E-state index is 0.240. The normalized spacial score (nSPS) is 15.3. The molecule has 0 radical (unpaired) electrons. The van der Waals surface area contributed by atoms with Crippen LogP contribution in [0.25, 0.3) is 0 Å². The Balaban J connectivity index is 2.38. The molecule has 0 spiro atoms. The molecule has 1 heterocycles. The summed E-state index contributed by atoms with van der Waals surface area (Å²) in [4.78, 5) is 5.59. The van der Waals surface area contributed by atoms with Gasteiger partial charge in [0.1, 0.15) is 5.01 Å². The van der Waals surface area contributed by atoms with Crippen LogP contribution in [0.2, 0.25) is 0 Å². The van der Waals surface area contributed by atoms with Crippen molar-refractivity contribution in [3.63, 3.8) is 0 Å². The van der Waals surface area contributed by atoms with Gasteiger partial charge in [-0.05, 0) is 20.8 Å². The lowest BCUT2D eigenvalue weighted by Gasteiger charge is -2.20. The number of hydrogen-bond acceptors (Lipinski definition) is 5. The summed E-state index contributed by atoms with van der Waals surface area (Å²) < 4.78 is 0. The monoisotopic (exact) mass is 230 g/mol. The summed E-state index contributed by atoms with van der Waals surface area (Å²) in [6.07, 6.45) is 0. The van der Waals surface area contributed by atoms with Gasteiger partial charge in [-0.25, -0.2) is 4.98 Å². The zero-order chi connectivity index (χ0) is 11.5. The van der Waals surface area contributed by atoms with E-state index in [0.29, 0.717) is 13.1 Å². The number of aromatic nitrogens is 1. The summed E-state index contributed by atoms with van der Waals surface area (Å²) in [6.45, 7) is 6.38. The first-order chi connectivity index (χ1) is 6.94. The second kappa shape index (κ2) is 5.03. The van der Waals surface area contributed by atoms with Gasteiger partial charge in [0, 0.05) is 18.0 Å². The Kier molecular flexibility index (Phi) is 4.21. The molecule has 0 bridgehead atoms. The number of rotatable bonds is 5. The van der Waals surface area contributed by atoms with Gasteiger partial charge in [0.25, 0.3) is 0 Å². The molecule has 0 aliphatic rings. The first-order valence-electron chi connectivity index (χ1n) is 4.91. The molecule has 0 saturated heterocycles. The minimum Gasteiger partial charge on any atom is -0.393 e. The van der Waals surface area contributed by atoms with Crippen molar-refractivity contribution in [2.75, 3.05) is 13.2 Å². The van der Waals surface area contributed by atoms with Gasteiger partial charge < -0.3 is 15.5 Å². The summed E-state index contributed by atoms with van der Waals surface area (Å²) in [5.41, 5.74) is 0.00663. The van der Waals surface area contributed by atoms with Crippen molar-refractivity contribution in [2.45, 2.75) is 32.9 Å². The molecule has 86 valence electrons. The summed E-state index contributed by atoms with van der Waals surface area (Å²) in [6, 6.07) is 0. The van der Waals surface area contributed by atoms with E-state index in [0.717, 1.165) is 10.7 Å². The fraction of sp³-hybridized carbons (Fsp3) is 0.700. The van der Waals surface area contributed by atoms with Crippen LogP contribution in [-0.4, -0.2) is 33.9 Å². The molecule has 3 N–H and O–H groups in total. The number of hydrogen-bond donors (Lipinski definition) is 3. The predicted molar refractivity (Wildman–Crippen MR) is 61.0 cm³/mol. The first kappa shape index (κ1) is 12.6.